The molecule has 0 aliphatic heterocycles. The molecule has 0 unspecified atom stereocenters. The monoisotopic (exact) mass is 251 g/mol. The van der Waals surface area contributed by atoms with E-state index in [0.29, 0.717) is 6.54 Å². The summed E-state index contributed by atoms with van der Waals surface area (Å²) in [5.41, 5.74) is 1.90. The number of nitrogens with one attached hydrogen (secondary N) is 1. The number of hydrogen-bond acceptors (Lipinski definition) is 3. The molecule has 18 heavy (non-hydrogen) atoms. The van der Waals surface area contributed by atoms with Crippen molar-refractivity contribution >= 4 is 0 Å². The van der Waals surface area contributed by atoms with Gasteiger partial charge in [-0.15, -0.1) is 0 Å². The molecule has 0 amide bonds. The van der Waals surface area contributed by atoms with E-state index >= 15 is 0 Å². The van der Waals surface area contributed by atoms with Gasteiger partial charge in [0.15, 0.2) is 0 Å². The van der Waals surface area contributed by atoms with Crippen molar-refractivity contribution in [3.63, 3.8) is 0 Å². The standard InChI is InChI=1S/C14H25N3O/c1-3-12-9-13(17(4-2)16-12)10-15-11-14(18)7-5-6-8-14/h9,15,18H,3-8,10-11H2,1-2H3. The van der Waals surface area contributed by atoms with E-state index in [0.717, 1.165) is 50.9 Å². The van der Waals surface area contributed by atoms with Crippen LogP contribution in [0.5, 0.6) is 0 Å². The van der Waals surface area contributed by atoms with Gasteiger partial charge >= 0.3 is 0 Å². The molecular formula is C14H25N3O. The highest BCUT2D eigenvalue weighted by Crippen LogP contribution is 2.28. The third-order valence-corrected chi connectivity index (χ3v) is 3.87. The Bertz CT molecular complexity index is 380. The quantitative estimate of drug-likeness (QED) is 0.811. The van der Waals surface area contributed by atoms with Crippen LogP contribution in [0, 0.1) is 0 Å². The molecule has 1 aliphatic rings. The van der Waals surface area contributed by atoms with Crippen LogP contribution in [0.1, 0.15) is 50.9 Å². The van der Waals surface area contributed by atoms with Gasteiger partial charge in [-0.1, -0.05) is 19.8 Å². The molecule has 2 rings (SSSR count). The summed E-state index contributed by atoms with van der Waals surface area (Å²) in [5, 5.41) is 18.2. The van der Waals surface area contributed by atoms with Crippen molar-refractivity contribution in [2.24, 2.45) is 0 Å². The van der Waals surface area contributed by atoms with Crippen molar-refractivity contribution in [1.29, 1.82) is 0 Å². The Labute approximate surface area is 109 Å². The fraction of sp³-hybridized carbons (Fsp3) is 0.786. The normalized spacial score (nSPS) is 18.4. The van der Waals surface area contributed by atoms with Crippen molar-refractivity contribution in [3.05, 3.63) is 17.5 Å². The predicted octanol–water partition coefficient (Wildman–Crippen LogP) is 1.86. The lowest BCUT2D eigenvalue weighted by Crippen LogP contribution is -2.37. The lowest BCUT2D eigenvalue weighted by Gasteiger charge is -2.22. The highest BCUT2D eigenvalue weighted by molar-refractivity contribution is 5.10. The first-order valence-corrected chi connectivity index (χ1v) is 7.15. The van der Waals surface area contributed by atoms with Crippen molar-refractivity contribution in [2.75, 3.05) is 6.54 Å². The van der Waals surface area contributed by atoms with E-state index < -0.39 is 5.60 Å². The zero-order valence-corrected chi connectivity index (χ0v) is 11.6. The second-order valence-electron chi connectivity index (χ2n) is 5.33. The Kier molecular flexibility index (Phi) is 4.40. The molecule has 0 aromatic carbocycles. The fourth-order valence-corrected chi connectivity index (χ4v) is 2.74. The van der Waals surface area contributed by atoms with Gasteiger partial charge in [0.05, 0.1) is 17.0 Å². The van der Waals surface area contributed by atoms with E-state index in [-0.39, 0.29) is 0 Å². The number of hydrogen-bond donors (Lipinski definition) is 2. The largest absolute Gasteiger partial charge is 0.389 e. The lowest BCUT2D eigenvalue weighted by atomic mass is 10.0. The molecule has 0 radical (unpaired) electrons. The van der Waals surface area contributed by atoms with Gasteiger partial charge in [0.25, 0.3) is 0 Å². The molecule has 102 valence electrons. The number of aromatic nitrogens is 2. The summed E-state index contributed by atoms with van der Waals surface area (Å²) in [5.74, 6) is 0. The van der Waals surface area contributed by atoms with Gasteiger partial charge in [-0.25, -0.2) is 0 Å². The predicted molar refractivity (Wildman–Crippen MR) is 72.4 cm³/mol. The summed E-state index contributed by atoms with van der Waals surface area (Å²) >= 11 is 0. The molecule has 1 aromatic heterocycles. The van der Waals surface area contributed by atoms with Crippen LogP contribution >= 0.6 is 0 Å². The Morgan fingerprint density at radius 2 is 2.11 bits per heavy atom. The first-order chi connectivity index (χ1) is 8.67. The van der Waals surface area contributed by atoms with Crippen molar-refractivity contribution in [2.45, 2.75) is 64.6 Å². The highest BCUT2D eigenvalue weighted by atomic mass is 16.3. The van der Waals surface area contributed by atoms with Gasteiger partial charge in [0, 0.05) is 19.6 Å². The van der Waals surface area contributed by atoms with E-state index in [1.54, 1.807) is 0 Å². The number of nitrogens with zero attached hydrogens (tertiary/aromatic N) is 2. The highest BCUT2D eigenvalue weighted by Gasteiger charge is 2.30. The Balaban J connectivity index is 1.87. The Morgan fingerprint density at radius 3 is 2.72 bits per heavy atom. The number of aryl methyl sites for hydroxylation is 2. The van der Waals surface area contributed by atoms with Crippen LogP contribution < -0.4 is 5.32 Å². The summed E-state index contributed by atoms with van der Waals surface area (Å²) in [7, 11) is 0. The maximum atomic E-state index is 10.3. The van der Waals surface area contributed by atoms with E-state index in [4.69, 9.17) is 0 Å². The Morgan fingerprint density at radius 1 is 1.39 bits per heavy atom. The van der Waals surface area contributed by atoms with Crippen LogP contribution in [0.2, 0.25) is 0 Å². The van der Waals surface area contributed by atoms with E-state index in [2.05, 4.69) is 30.3 Å². The molecule has 4 heteroatoms. The zero-order valence-electron chi connectivity index (χ0n) is 11.6. The van der Waals surface area contributed by atoms with Crippen LogP contribution in [-0.4, -0.2) is 27.0 Å². The number of rotatable bonds is 6. The van der Waals surface area contributed by atoms with Gasteiger partial charge in [0.1, 0.15) is 0 Å². The van der Waals surface area contributed by atoms with Crippen molar-refractivity contribution < 1.29 is 5.11 Å². The molecule has 1 saturated carbocycles. The van der Waals surface area contributed by atoms with Crippen LogP contribution in [0.3, 0.4) is 0 Å². The average molecular weight is 251 g/mol. The minimum Gasteiger partial charge on any atom is -0.389 e. The minimum absolute atomic E-state index is 0.468. The lowest BCUT2D eigenvalue weighted by molar-refractivity contribution is 0.0473. The van der Waals surface area contributed by atoms with Crippen molar-refractivity contribution in [3.8, 4) is 0 Å². The van der Waals surface area contributed by atoms with Crippen LogP contribution in [0.4, 0.5) is 0 Å². The molecule has 2 N–H and O–H groups in total. The van der Waals surface area contributed by atoms with Crippen LogP contribution in [-0.2, 0) is 19.5 Å². The Hall–Kier alpha value is -0.870. The summed E-state index contributed by atoms with van der Waals surface area (Å²) < 4.78 is 2.05. The number of aliphatic hydroxyl groups is 1. The van der Waals surface area contributed by atoms with Gasteiger partial charge in [-0.3, -0.25) is 4.68 Å². The summed E-state index contributed by atoms with van der Waals surface area (Å²) in [6.45, 7) is 6.63. The van der Waals surface area contributed by atoms with Crippen LogP contribution in [0.25, 0.3) is 0 Å². The third kappa shape index (κ3) is 3.12. The zero-order chi connectivity index (χ0) is 13.0. The molecule has 1 heterocycles. The maximum absolute atomic E-state index is 10.3. The summed E-state index contributed by atoms with van der Waals surface area (Å²) in [6, 6.07) is 2.16. The molecule has 1 fully saturated rings. The van der Waals surface area contributed by atoms with Crippen LogP contribution in [0.15, 0.2) is 6.07 Å². The second-order valence-corrected chi connectivity index (χ2v) is 5.33. The molecule has 4 nitrogen and oxygen atoms in total. The fourth-order valence-electron chi connectivity index (χ4n) is 2.74. The second kappa shape index (κ2) is 5.85. The SMILES string of the molecule is CCc1cc(CNCC2(O)CCCC2)n(CC)n1. The van der Waals surface area contributed by atoms with Crippen molar-refractivity contribution in [1.82, 2.24) is 15.1 Å². The smallest absolute Gasteiger partial charge is 0.0771 e. The van der Waals surface area contributed by atoms with E-state index in [9.17, 15) is 5.11 Å². The van der Waals surface area contributed by atoms with Gasteiger partial charge in [-0.05, 0) is 32.3 Å². The van der Waals surface area contributed by atoms with Gasteiger partial charge in [0.2, 0.25) is 0 Å². The van der Waals surface area contributed by atoms with E-state index in [1.165, 1.54) is 5.69 Å². The van der Waals surface area contributed by atoms with Gasteiger partial charge < -0.3 is 10.4 Å². The third-order valence-electron chi connectivity index (χ3n) is 3.87. The molecule has 0 spiro atoms. The first-order valence-electron chi connectivity index (χ1n) is 7.15. The van der Waals surface area contributed by atoms with Gasteiger partial charge in [-0.2, -0.15) is 5.10 Å². The topological polar surface area (TPSA) is 50.1 Å². The first kappa shape index (κ1) is 13.6. The summed E-state index contributed by atoms with van der Waals surface area (Å²) in [4.78, 5) is 0. The maximum Gasteiger partial charge on any atom is 0.0771 e. The molecule has 0 saturated heterocycles. The summed E-state index contributed by atoms with van der Waals surface area (Å²) in [6.07, 6.45) is 5.17. The molecule has 0 atom stereocenters. The molecule has 1 aliphatic carbocycles. The average Bonchev–Trinajstić information content (AvgIpc) is 2.96. The minimum atomic E-state index is -0.468. The molecular weight excluding hydrogens is 226 g/mol. The van der Waals surface area contributed by atoms with E-state index in [1.807, 2.05) is 4.68 Å². The molecule has 1 aromatic rings. The molecule has 0 bridgehead atoms.